The van der Waals surface area contributed by atoms with Crippen LogP contribution in [0.5, 0.6) is 5.75 Å². The lowest BCUT2D eigenvalue weighted by Gasteiger charge is -2.27. The number of nitrogens with zero attached hydrogens (tertiary/aromatic N) is 4. The standard InChI is InChI=1S/C31H27N5O4/c1-32-23-9-6-20(4-2-5-29(37)38)26(17-23)35-30(39)25-18-31(25)12-15-40-27-10-7-21(16-24(27)31)22-8-11-28(33-19-22)36-14-3-13-34-36/h3,6-11,13-14,16-17,19,25H,2,4-5,12,15,18H2,(H,35,39)(H,37,38)/t25-,31-/m0/s1. The van der Waals surface area contributed by atoms with Crippen molar-refractivity contribution in [2.45, 2.75) is 37.5 Å². The van der Waals surface area contributed by atoms with Gasteiger partial charge in [-0.15, -0.1) is 0 Å². The van der Waals surface area contributed by atoms with Crippen LogP contribution in [0.25, 0.3) is 21.8 Å². The Labute approximate surface area is 231 Å². The summed E-state index contributed by atoms with van der Waals surface area (Å²) >= 11 is 0. The van der Waals surface area contributed by atoms with Crippen molar-refractivity contribution in [2.24, 2.45) is 5.92 Å². The van der Waals surface area contributed by atoms with Crippen molar-refractivity contribution >= 4 is 23.3 Å². The molecule has 2 aromatic heterocycles. The van der Waals surface area contributed by atoms with Crippen molar-refractivity contribution in [3.63, 3.8) is 0 Å². The van der Waals surface area contributed by atoms with Crippen molar-refractivity contribution in [3.8, 4) is 22.7 Å². The number of carbonyl (C=O) groups is 2. The number of carboxylic acids is 1. The van der Waals surface area contributed by atoms with Crippen LogP contribution in [0.3, 0.4) is 0 Å². The van der Waals surface area contributed by atoms with Gasteiger partial charge >= 0.3 is 5.97 Å². The van der Waals surface area contributed by atoms with Crippen LogP contribution in [0.1, 0.15) is 36.8 Å². The monoisotopic (exact) mass is 533 g/mol. The van der Waals surface area contributed by atoms with Crippen molar-refractivity contribution in [1.82, 2.24) is 14.8 Å². The van der Waals surface area contributed by atoms with Gasteiger partial charge in [0.2, 0.25) is 5.91 Å². The summed E-state index contributed by atoms with van der Waals surface area (Å²) in [6.45, 7) is 7.92. The number of rotatable bonds is 8. The molecule has 0 saturated heterocycles. The molecule has 1 saturated carbocycles. The average molecular weight is 534 g/mol. The summed E-state index contributed by atoms with van der Waals surface area (Å²) in [5, 5.41) is 16.3. The van der Waals surface area contributed by atoms with E-state index >= 15 is 0 Å². The van der Waals surface area contributed by atoms with Gasteiger partial charge in [-0.25, -0.2) is 14.5 Å². The van der Waals surface area contributed by atoms with Crippen molar-refractivity contribution in [3.05, 3.63) is 95.7 Å². The Morgan fingerprint density at radius 2 is 2.05 bits per heavy atom. The molecule has 1 aliphatic heterocycles. The minimum absolute atomic E-state index is 0.0459. The van der Waals surface area contributed by atoms with E-state index in [1.807, 2.05) is 42.7 Å². The second kappa shape index (κ2) is 10.3. The highest BCUT2D eigenvalue weighted by Crippen LogP contribution is 2.61. The molecule has 6 rings (SSSR count). The highest BCUT2D eigenvalue weighted by atomic mass is 16.5. The first-order chi connectivity index (χ1) is 19.5. The fourth-order valence-corrected chi connectivity index (χ4v) is 5.64. The van der Waals surface area contributed by atoms with E-state index in [-0.39, 0.29) is 23.7 Å². The highest BCUT2D eigenvalue weighted by Gasteiger charge is 2.61. The van der Waals surface area contributed by atoms with Gasteiger partial charge in [0.05, 0.1) is 13.2 Å². The van der Waals surface area contributed by atoms with E-state index in [9.17, 15) is 9.59 Å². The number of fused-ring (bicyclic) bond motifs is 2. The zero-order chi connectivity index (χ0) is 27.7. The smallest absolute Gasteiger partial charge is 0.303 e. The van der Waals surface area contributed by atoms with E-state index < -0.39 is 5.97 Å². The van der Waals surface area contributed by atoms with Crippen molar-refractivity contribution in [2.75, 3.05) is 11.9 Å². The third-order valence-corrected chi connectivity index (χ3v) is 7.85. The Morgan fingerprint density at radius 1 is 1.18 bits per heavy atom. The number of pyridine rings is 1. The molecule has 2 atom stereocenters. The maximum atomic E-state index is 13.6. The highest BCUT2D eigenvalue weighted by molar-refractivity contribution is 5.97. The van der Waals surface area contributed by atoms with Gasteiger partial charge in [0, 0.05) is 53.2 Å². The molecule has 0 unspecified atom stereocenters. The van der Waals surface area contributed by atoms with Crippen molar-refractivity contribution < 1.29 is 19.4 Å². The van der Waals surface area contributed by atoms with Gasteiger partial charge in [-0.05, 0) is 73.2 Å². The molecule has 2 aliphatic rings. The van der Waals surface area contributed by atoms with Gasteiger partial charge in [0.15, 0.2) is 11.5 Å². The molecule has 1 spiro atoms. The van der Waals surface area contributed by atoms with Gasteiger partial charge in [0.1, 0.15) is 5.75 Å². The minimum Gasteiger partial charge on any atom is -0.493 e. The van der Waals surface area contributed by atoms with Gasteiger partial charge in [0.25, 0.3) is 0 Å². The number of ether oxygens (including phenoxy) is 1. The van der Waals surface area contributed by atoms with E-state index in [1.165, 1.54) is 0 Å². The summed E-state index contributed by atoms with van der Waals surface area (Å²) in [6, 6.07) is 17.1. The molecule has 3 heterocycles. The van der Waals surface area contributed by atoms with E-state index in [0.717, 1.165) is 40.2 Å². The summed E-state index contributed by atoms with van der Waals surface area (Å²) in [6.07, 6.45) is 7.83. The molecule has 1 amide bonds. The van der Waals surface area contributed by atoms with E-state index in [4.69, 9.17) is 16.4 Å². The number of hydrogen-bond donors (Lipinski definition) is 2. The Bertz CT molecular complexity index is 1620. The molecule has 1 fully saturated rings. The molecule has 4 aromatic rings. The summed E-state index contributed by atoms with van der Waals surface area (Å²) in [4.78, 5) is 32.6. The number of amides is 1. The Balaban J connectivity index is 1.23. The number of aromatic nitrogens is 3. The number of aryl methyl sites for hydroxylation is 1. The van der Waals surface area contributed by atoms with Crippen LogP contribution in [0.4, 0.5) is 11.4 Å². The van der Waals surface area contributed by atoms with Gasteiger partial charge in [-0.3, -0.25) is 9.59 Å². The Kier molecular flexibility index (Phi) is 6.52. The molecular formula is C31H27N5O4. The third kappa shape index (κ3) is 4.80. The van der Waals surface area contributed by atoms with Crippen LogP contribution in [0.15, 0.2) is 73.2 Å². The van der Waals surface area contributed by atoms with Crippen LogP contribution in [0.2, 0.25) is 0 Å². The van der Waals surface area contributed by atoms with Crippen LogP contribution < -0.4 is 10.1 Å². The normalized spacial score (nSPS) is 18.8. The fourth-order valence-electron chi connectivity index (χ4n) is 5.64. The SMILES string of the molecule is [C-]#[N+]c1ccc(CCCC(=O)O)c(NC(=O)[C@@H]2C[C@]23CCOc2ccc(-c4ccc(-n5cccn5)nc4)cc23)c1. The number of carbonyl (C=O) groups excluding carboxylic acids is 1. The second-order valence-electron chi connectivity index (χ2n) is 10.3. The van der Waals surface area contributed by atoms with Gasteiger partial charge < -0.3 is 15.2 Å². The van der Waals surface area contributed by atoms with Crippen LogP contribution in [-0.4, -0.2) is 38.4 Å². The topological polar surface area (TPSA) is 111 Å². The first-order valence-electron chi connectivity index (χ1n) is 13.2. The molecular weight excluding hydrogens is 506 g/mol. The van der Waals surface area contributed by atoms with E-state index in [0.29, 0.717) is 37.2 Å². The van der Waals surface area contributed by atoms with E-state index in [2.05, 4.69) is 26.3 Å². The number of aliphatic carboxylic acids is 1. The predicted octanol–water partition coefficient (Wildman–Crippen LogP) is 5.57. The van der Waals surface area contributed by atoms with E-state index in [1.54, 1.807) is 29.1 Å². The lowest BCUT2D eigenvalue weighted by molar-refractivity contribution is -0.137. The molecule has 0 radical (unpaired) electrons. The van der Waals surface area contributed by atoms with Crippen LogP contribution in [-0.2, 0) is 21.4 Å². The van der Waals surface area contributed by atoms with Gasteiger partial charge in [-0.1, -0.05) is 18.2 Å². The molecule has 2 N–H and O–H groups in total. The number of benzene rings is 2. The fraction of sp³-hybridized carbons (Fsp3) is 0.258. The zero-order valence-electron chi connectivity index (χ0n) is 21.7. The molecule has 2 aromatic carbocycles. The summed E-state index contributed by atoms with van der Waals surface area (Å²) in [7, 11) is 0. The third-order valence-electron chi connectivity index (χ3n) is 7.85. The summed E-state index contributed by atoms with van der Waals surface area (Å²) < 4.78 is 7.68. The molecule has 200 valence electrons. The largest absolute Gasteiger partial charge is 0.493 e. The molecule has 9 nitrogen and oxygen atoms in total. The number of carboxylic acid groups (broad SMARTS) is 1. The number of anilines is 1. The molecule has 9 heteroatoms. The first kappa shape index (κ1) is 25.3. The maximum absolute atomic E-state index is 13.6. The second-order valence-corrected chi connectivity index (χ2v) is 10.3. The predicted molar refractivity (Wildman–Crippen MR) is 149 cm³/mol. The number of nitrogens with one attached hydrogen (secondary N) is 1. The summed E-state index contributed by atoms with van der Waals surface area (Å²) in [5.74, 6) is 0.357. The Hall–Kier alpha value is -4.97. The lowest BCUT2D eigenvalue weighted by Crippen LogP contribution is -2.27. The van der Waals surface area contributed by atoms with Crippen LogP contribution >= 0.6 is 0 Å². The van der Waals surface area contributed by atoms with Crippen LogP contribution in [0, 0.1) is 12.5 Å². The van der Waals surface area contributed by atoms with Gasteiger partial charge in [-0.2, -0.15) is 5.10 Å². The number of hydrogen-bond acceptors (Lipinski definition) is 5. The molecule has 40 heavy (non-hydrogen) atoms. The molecule has 0 bridgehead atoms. The first-order valence-corrected chi connectivity index (χ1v) is 13.2. The average Bonchev–Trinajstić information content (AvgIpc) is 3.41. The zero-order valence-corrected chi connectivity index (χ0v) is 21.7. The summed E-state index contributed by atoms with van der Waals surface area (Å²) in [5.41, 5.74) is 4.52. The molecule has 1 aliphatic carbocycles. The Morgan fingerprint density at radius 3 is 2.80 bits per heavy atom. The lowest BCUT2D eigenvalue weighted by atomic mass is 9.85. The quantitative estimate of drug-likeness (QED) is 0.287. The van der Waals surface area contributed by atoms with Crippen molar-refractivity contribution in [1.29, 1.82) is 0 Å². The minimum atomic E-state index is -0.856. The maximum Gasteiger partial charge on any atom is 0.303 e.